The highest BCUT2D eigenvalue weighted by Gasteiger charge is 2.41. The van der Waals surface area contributed by atoms with Gasteiger partial charge in [-0.05, 0) is 25.1 Å². The second-order valence-electron chi connectivity index (χ2n) is 6.27. The lowest BCUT2D eigenvalue weighted by molar-refractivity contribution is 0.0587. The first-order valence-corrected chi connectivity index (χ1v) is 8.58. The molecule has 11 heteroatoms. The Balaban J connectivity index is 1.81. The molecule has 1 aliphatic rings. The Morgan fingerprint density at radius 1 is 1.07 bits per heavy atom. The van der Waals surface area contributed by atoms with Crippen LogP contribution in [0, 0.1) is 0 Å². The molecule has 3 heterocycles. The van der Waals surface area contributed by atoms with Gasteiger partial charge in [0, 0.05) is 19.4 Å². The van der Waals surface area contributed by atoms with Crippen molar-refractivity contribution in [3.05, 3.63) is 59.7 Å². The number of aromatic nitrogens is 5. The van der Waals surface area contributed by atoms with Crippen LogP contribution in [0.5, 0.6) is 0 Å². The molecule has 1 atom stereocenters. The van der Waals surface area contributed by atoms with Crippen LogP contribution in [0.2, 0.25) is 0 Å². The Kier molecular flexibility index (Phi) is 4.26. The lowest BCUT2D eigenvalue weighted by Crippen LogP contribution is -2.34. The van der Waals surface area contributed by atoms with Crippen LogP contribution in [0.25, 0.3) is 5.95 Å². The molecule has 0 saturated heterocycles. The van der Waals surface area contributed by atoms with E-state index in [2.05, 4.69) is 20.1 Å². The minimum atomic E-state index is -1.27. The van der Waals surface area contributed by atoms with E-state index >= 15 is 0 Å². The standard InChI is InChI=1S/C18H15N7O4/c1-10(24-14(26)11-6-3-4-7-12(11)15(24)27)13-21-17(23(2)18(28)29)22-25(13)16-19-8-5-9-20-16/h3-10H,1-2H3,(H,28,29). The number of fused-ring (bicyclic) bond motifs is 1. The molecule has 1 aromatic carbocycles. The van der Waals surface area contributed by atoms with Gasteiger partial charge in [-0.1, -0.05) is 12.1 Å². The highest BCUT2D eigenvalue weighted by atomic mass is 16.4. The van der Waals surface area contributed by atoms with Crippen LogP contribution in [0.4, 0.5) is 10.7 Å². The summed E-state index contributed by atoms with van der Waals surface area (Å²) in [6.45, 7) is 1.61. The minimum absolute atomic E-state index is 0.128. The summed E-state index contributed by atoms with van der Waals surface area (Å²) < 4.78 is 1.23. The number of amides is 3. The number of carbonyl (C=O) groups is 3. The van der Waals surface area contributed by atoms with Gasteiger partial charge in [0.25, 0.3) is 23.7 Å². The summed E-state index contributed by atoms with van der Waals surface area (Å²) in [5, 5.41) is 13.4. The van der Waals surface area contributed by atoms with Gasteiger partial charge in [-0.3, -0.25) is 14.5 Å². The number of hydrogen-bond donors (Lipinski definition) is 1. The van der Waals surface area contributed by atoms with Crippen molar-refractivity contribution in [2.45, 2.75) is 13.0 Å². The normalized spacial score (nSPS) is 14.1. The van der Waals surface area contributed by atoms with Crippen LogP contribution in [0.15, 0.2) is 42.7 Å². The molecule has 0 spiro atoms. The van der Waals surface area contributed by atoms with E-state index in [4.69, 9.17) is 0 Å². The molecule has 3 amide bonds. The highest BCUT2D eigenvalue weighted by molar-refractivity contribution is 6.21. The van der Waals surface area contributed by atoms with Crippen LogP contribution in [0.1, 0.15) is 39.5 Å². The third-order valence-electron chi connectivity index (χ3n) is 4.54. The van der Waals surface area contributed by atoms with Crippen molar-refractivity contribution in [1.29, 1.82) is 0 Å². The third kappa shape index (κ3) is 2.88. The largest absolute Gasteiger partial charge is 0.465 e. The van der Waals surface area contributed by atoms with Gasteiger partial charge in [0.2, 0.25) is 0 Å². The first-order valence-electron chi connectivity index (χ1n) is 8.58. The van der Waals surface area contributed by atoms with E-state index in [0.29, 0.717) is 11.1 Å². The number of carboxylic acid groups (broad SMARTS) is 1. The summed E-state index contributed by atoms with van der Waals surface area (Å²) in [6.07, 6.45) is 1.71. The second kappa shape index (κ2) is 6.78. The molecule has 0 aliphatic carbocycles. The molecule has 1 N–H and O–H groups in total. The zero-order valence-electron chi connectivity index (χ0n) is 15.4. The Morgan fingerprint density at radius 3 is 2.21 bits per heavy atom. The maximum absolute atomic E-state index is 12.8. The first kappa shape index (κ1) is 18.2. The topological polar surface area (TPSA) is 134 Å². The van der Waals surface area contributed by atoms with Crippen molar-refractivity contribution in [3.8, 4) is 5.95 Å². The maximum atomic E-state index is 12.8. The van der Waals surface area contributed by atoms with Crippen molar-refractivity contribution in [1.82, 2.24) is 29.6 Å². The molecule has 1 aliphatic heterocycles. The van der Waals surface area contributed by atoms with Crippen molar-refractivity contribution in [3.63, 3.8) is 0 Å². The predicted octanol–water partition coefficient (Wildman–Crippen LogP) is 1.53. The zero-order valence-corrected chi connectivity index (χ0v) is 15.4. The van der Waals surface area contributed by atoms with Gasteiger partial charge >= 0.3 is 6.09 Å². The number of rotatable bonds is 4. The van der Waals surface area contributed by atoms with Crippen LogP contribution < -0.4 is 4.90 Å². The van der Waals surface area contributed by atoms with Gasteiger partial charge in [0.05, 0.1) is 17.2 Å². The van der Waals surface area contributed by atoms with Gasteiger partial charge in [-0.15, -0.1) is 5.10 Å². The van der Waals surface area contributed by atoms with Gasteiger partial charge in [-0.2, -0.15) is 9.67 Å². The summed E-state index contributed by atoms with van der Waals surface area (Å²) in [5.74, 6) is -0.787. The SMILES string of the molecule is CC(c1nc(N(C)C(=O)O)nn1-c1ncccn1)N1C(=O)c2ccccc2C1=O. The third-order valence-corrected chi connectivity index (χ3v) is 4.54. The summed E-state index contributed by atoms with van der Waals surface area (Å²) in [7, 11) is 1.28. The summed E-state index contributed by atoms with van der Waals surface area (Å²) in [5.41, 5.74) is 0.600. The molecule has 0 fully saturated rings. The number of nitrogens with zero attached hydrogens (tertiary/aromatic N) is 7. The summed E-state index contributed by atoms with van der Waals surface area (Å²) >= 11 is 0. The summed E-state index contributed by atoms with van der Waals surface area (Å²) in [4.78, 5) is 51.3. The molecular weight excluding hydrogens is 378 g/mol. The molecule has 0 saturated carbocycles. The number of anilines is 1. The molecular formula is C18H15N7O4. The predicted molar refractivity (Wildman–Crippen MR) is 98.7 cm³/mol. The van der Waals surface area contributed by atoms with Gasteiger partial charge in [-0.25, -0.2) is 19.7 Å². The van der Waals surface area contributed by atoms with Crippen LogP contribution in [-0.4, -0.2) is 59.7 Å². The van der Waals surface area contributed by atoms with Crippen LogP contribution >= 0.6 is 0 Å². The highest BCUT2D eigenvalue weighted by Crippen LogP contribution is 2.31. The molecule has 4 rings (SSSR count). The fourth-order valence-electron chi connectivity index (χ4n) is 3.03. The van der Waals surface area contributed by atoms with E-state index in [1.165, 1.54) is 24.1 Å². The molecule has 0 bridgehead atoms. The average Bonchev–Trinajstić information content (AvgIpc) is 3.28. The summed E-state index contributed by atoms with van der Waals surface area (Å²) in [6, 6.07) is 7.28. The lowest BCUT2D eigenvalue weighted by Gasteiger charge is -2.21. The number of imide groups is 1. The minimum Gasteiger partial charge on any atom is -0.465 e. The smallest absolute Gasteiger partial charge is 0.414 e. The van der Waals surface area contributed by atoms with E-state index in [0.717, 1.165) is 9.80 Å². The molecule has 0 radical (unpaired) electrons. The van der Waals surface area contributed by atoms with Crippen molar-refractivity contribution in [2.75, 3.05) is 11.9 Å². The van der Waals surface area contributed by atoms with Gasteiger partial charge < -0.3 is 5.11 Å². The van der Waals surface area contributed by atoms with Gasteiger partial charge in [0.1, 0.15) is 0 Å². The monoisotopic (exact) mass is 393 g/mol. The van der Waals surface area contributed by atoms with Crippen molar-refractivity contribution < 1.29 is 19.5 Å². The average molecular weight is 393 g/mol. The number of hydrogen-bond acceptors (Lipinski definition) is 7. The fraction of sp³-hybridized carbons (Fsp3) is 0.167. The quantitative estimate of drug-likeness (QED) is 0.660. The van der Waals surface area contributed by atoms with E-state index < -0.39 is 23.9 Å². The second-order valence-corrected chi connectivity index (χ2v) is 6.27. The Hall–Kier alpha value is -4.15. The van der Waals surface area contributed by atoms with E-state index in [1.54, 1.807) is 37.3 Å². The van der Waals surface area contributed by atoms with E-state index in [-0.39, 0.29) is 17.7 Å². The molecule has 3 aromatic rings. The molecule has 29 heavy (non-hydrogen) atoms. The van der Waals surface area contributed by atoms with E-state index in [1.807, 2.05) is 0 Å². The van der Waals surface area contributed by atoms with Crippen molar-refractivity contribution >= 4 is 23.9 Å². The number of carbonyl (C=O) groups excluding carboxylic acids is 2. The number of benzene rings is 1. The fourth-order valence-corrected chi connectivity index (χ4v) is 3.03. The van der Waals surface area contributed by atoms with Gasteiger partial charge in [0.15, 0.2) is 5.82 Å². The molecule has 11 nitrogen and oxygen atoms in total. The van der Waals surface area contributed by atoms with E-state index in [9.17, 15) is 19.5 Å². The lowest BCUT2D eigenvalue weighted by atomic mass is 10.1. The Morgan fingerprint density at radius 2 is 1.66 bits per heavy atom. The first-order chi connectivity index (χ1) is 13.9. The van der Waals surface area contributed by atoms with Crippen LogP contribution in [-0.2, 0) is 0 Å². The Bertz CT molecular complexity index is 1090. The Labute approximate surface area is 164 Å². The van der Waals surface area contributed by atoms with Crippen LogP contribution in [0.3, 0.4) is 0 Å². The van der Waals surface area contributed by atoms with Crippen molar-refractivity contribution in [2.24, 2.45) is 0 Å². The molecule has 146 valence electrons. The molecule has 2 aromatic heterocycles. The maximum Gasteiger partial charge on any atom is 0.414 e. The molecule has 1 unspecified atom stereocenters. The zero-order chi connectivity index (χ0) is 20.7.